The van der Waals surface area contributed by atoms with E-state index in [0.29, 0.717) is 36.8 Å². The third-order valence-electron chi connectivity index (χ3n) is 5.22. The fourth-order valence-electron chi connectivity index (χ4n) is 3.40. The zero-order valence-electron chi connectivity index (χ0n) is 18.8. The Morgan fingerprint density at radius 1 is 1.03 bits per heavy atom. The highest BCUT2D eigenvalue weighted by Gasteiger charge is 2.19. The monoisotopic (exact) mass is 437 g/mol. The number of aliphatic carboxylic acids is 1. The first kappa shape index (κ1) is 23.4. The Bertz CT molecular complexity index is 966. The van der Waals surface area contributed by atoms with Crippen LogP contribution < -0.4 is 9.47 Å². The number of benzene rings is 2. The summed E-state index contributed by atoms with van der Waals surface area (Å²) in [6, 6.07) is 16.9. The molecule has 0 bridgehead atoms. The van der Waals surface area contributed by atoms with Crippen LogP contribution in [0.2, 0.25) is 0 Å². The summed E-state index contributed by atoms with van der Waals surface area (Å²) >= 11 is 0. The minimum absolute atomic E-state index is 0.455. The summed E-state index contributed by atoms with van der Waals surface area (Å²) in [5, 5.41) is 9.40. The summed E-state index contributed by atoms with van der Waals surface area (Å²) in [5.74, 6) is 1.69. The number of carbonyl (C=O) groups is 1. The minimum atomic E-state index is -0.931. The summed E-state index contributed by atoms with van der Waals surface area (Å²) in [4.78, 5) is 16.1. The topological polar surface area (TPSA) is 81.8 Å². The van der Waals surface area contributed by atoms with Crippen LogP contribution in [0.5, 0.6) is 11.5 Å². The zero-order chi connectivity index (χ0) is 22.8. The molecule has 0 aliphatic carbocycles. The molecule has 170 valence electrons. The molecular weight excluding hydrogens is 406 g/mol. The van der Waals surface area contributed by atoms with Crippen LogP contribution in [-0.4, -0.2) is 28.8 Å². The molecule has 3 aromatic rings. The molecule has 3 rings (SSSR count). The summed E-state index contributed by atoms with van der Waals surface area (Å²) in [5.41, 5.74) is 1.82. The maximum Gasteiger partial charge on any atom is 0.344 e. The van der Waals surface area contributed by atoms with E-state index in [0.717, 1.165) is 42.7 Å². The first-order valence-corrected chi connectivity index (χ1v) is 11.2. The molecule has 0 amide bonds. The number of hydrogen-bond donors (Lipinski definition) is 1. The number of hydrogen-bond acceptors (Lipinski definition) is 5. The Hall–Kier alpha value is -3.28. The molecule has 0 aliphatic rings. The van der Waals surface area contributed by atoms with Gasteiger partial charge < -0.3 is 19.0 Å². The van der Waals surface area contributed by atoms with E-state index >= 15 is 0 Å². The first-order chi connectivity index (χ1) is 15.6. The van der Waals surface area contributed by atoms with Gasteiger partial charge >= 0.3 is 5.97 Å². The quantitative estimate of drug-likeness (QED) is 0.327. The van der Waals surface area contributed by atoms with Crippen LogP contribution in [0, 0.1) is 6.92 Å². The van der Waals surface area contributed by atoms with Crippen LogP contribution in [0.1, 0.15) is 50.5 Å². The van der Waals surface area contributed by atoms with E-state index in [2.05, 4.69) is 11.9 Å². The van der Waals surface area contributed by atoms with Crippen LogP contribution in [0.25, 0.3) is 11.5 Å². The maximum absolute atomic E-state index is 11.5. The summed E-state index contributed by atoms with van der Waals surface area (Å²) in [6.07, 6.45) is 4.40. The summed E-state index contributed by atoms with van der Waals surface area (Å²) < 4.78 is 17.3. The number of ether oxygens (including phenoxy) is 2. The molecule has 1 aromatic heterocycles. The van der Waals surface area contributed by atoms with E-state index in [-0.39, 0.29) is 0 Å². The number of unbranched alkanes of at least 4 members (excludes halogenated alkanes) is 3. The second kappa shape index (κ2) is 11.9. The first-order valence-electron chi connectivity index (χ1n) is 11.2. The molecular formula is C26H31NO5. The zero-order valence-corrected chi connectivity index (χ0v) is 18.8. The summed E-state index contributed by atoms with van der Waals surface area (Å²) in [7, 11) is 0. The summed E-state index contributed by atoms with van der Waals surface area (Å²) in [6.45, 7) is 4.49. The van der Waals surface area contributed by atoms with Crippen molar-refractivity contribution >= 4 is 5.97 Å². The van der Waals surface area contributed by atoms with E-state index in [1.54, 1.807) is 24.3 Å². The SMILES string of the molecule is CCCCCCC(Oc1ccc(OCCc2nc(-c3ccccc3)oc2C)cc1)C(=O)O. The molecule has 1 unspecified atom stereocenters. The van der Waals surface area contributed by atoms with E-state index in [1.807, 2.05) is 37.3 Å². The Kier molecular flexibility index (Phi) is 8.72. The van der Waals surface area contributed by atoms with Gasteiger partial charge in [-0.05, 0) is 56.2 Å². The lowest BCUT2D eigenvalue weighted by molar-refractivity contribution is -0.145. The van der Waals surface area contributed by atoms with Crippen molar-refractivity contribution in [3.05, 3.63) is 66.1 Å². The van der Waals surface area contributed by atoms with Crippen molar-refractivity contribution in [2.75, 3.05) is 6.61 Å². The molecule has 0 spiro atoms. The molecule has 0 fully saturated rings. The van der Waals surface area contributed by atoms with E-state index in [9.17, 15) is 9.90 Å². The number of oxazole rings is 1. The average Bonchev–Trinajstić information content (AvgIpc) is 3.18. The number of carboxylic acid groups (broad SMARTS) is 1. The molecule has 6 heteroatoms. The Morgan fingerprint density at radius 2 is 1.75 bits per heavy atom. The predicted molar refractivity (Wildman–Crippen MR) is 123 cm³/mol. The number of aryl methyl sites for hydroxylation is 1. The van der Waals surface area contributed by atoms with Crippen molar-refractivity contribution in [1.29, 1.82) is 0 Å². The van der Waals surface area contributed by atoms with Gasteiger partial charge in [0.1, 0.15) is 17.3 Å². The van der Waals surface area contributed by atoms with Crippen LogP contribution in [0.4, 0.5) is 0 Å². The Labute approximate surface area is 189 Å². The molecule has 2 aromatic carbocycles. The van der Waals surface area contributed by atoms with Gasteiger partial charge in [0.2, 0.25) is 5.89 Å². The van der Waals surface area contributed by atoms with Crippen molar-refractivity contribution in [2.24, 2.45) is 0 Å². The second-order valence-electron chi connectivity index (χ2n) is 7.75. The number of aromatic nitrogens is 1. The van der Waals surface area contributed by atoms with Crippen molar-refractivity contribution < 1.29 is 23.8 Å². The fourth-order valence-corrected chi connectivity index (χ4v) is 3.40. The van der Waals surface area contributed by atoms with Gasteiger partial charge in [0, 0.05) is 12.0 Å². The Morgan fingerprint density at radius 3 is 2.44 bits per heavy atom. The van der Waals surface area contributed by atoms with Crippen molar-refractivity contribution in [1.82, 2.24) is 4.98 Å². The molecule has 0 radical (unpaired) electrons. The minimum Gasteiger partial charge on any atom is -0.493 e. The normalized spacial score (nSPS) is 11.8. The Balaban J connectivity index is 1.48. The molecule has 0 saturated heterocycles. The predicted octanol–water partition coefficient (Wildman–Crippen LogP) is 6.07. The van der Waals surface area contributed by atoms with Crippen LogP contribution in [0.3, 0.4) is 0 Å². The van der Waals surface area contributed by atoms with Crippen molar-refractivity contribution in [2.45, 2.75) is 58.5 Å². The van der Waals surface area contributed by atoms with Gasteiger partial charge in [-0.2, -0.15) is 0 Å². The lowest BCUT2D eigenvalue weighted by Gasteiger charge is -2.15. The molecule has 1 heterocycles. The average molecular weight is 438 g/mol. The lowest BCUT2D eigenvalue weighted by atomic mass is 10.1. The largest absolute Gasteiger partial charge is 0.493 e. The highest BCUT2D eigenvalue weighted by atomic mass is 16.5. The molecule has 1 atom stereocenters. The molecule has 32 heavy (non-hydrogen) atoms. The van der Waals surface area contributed by atoms with Crippen LogP contribution >= 0.6 is 0 Å². The number of carboxylic acids is 1. The molecule has 6 nitrogen and oxygen atoms in total. The molecule has 0 aliphatic heterocycles. The highest BCUT2D eigenvalue weighted by Crippen LogP contribution is 2.23. The third kappa shape index (κ3) is 6.87. The van der Waals surface area contributed by atoms with Gasteiger partial charge in [-0.25, -0.2) is 9.78 Å². The maximum atomic E-state index is 11.5. The van der Waals surface area contributed by atoms with Gasteiger partial charge in [-0.1, -0.05) is 44.4 Å². The van der Waals surface area contributed by atoms with Gasteiger partial charge in [-0.15, -0.1) is 0 Å². The van der Waals surface area contributed by atoms with E-state index in [4.69, 9.17) is 13.9 Å². The van der Waals surface area contributed by atoms with Gasteiger partial charge in [0.05, 0.1) is 12.3 Å². The third-order valence-corrected chi connectivity index (χ3v) is 5.22. The number of nitrogens with zero attached hydrogens (tertiary/aromatic N) is 1. The van der Waals surface area contributed by atoms with E-state index < -0.39 is 12.1 Å². The van der Waals surface area contributed by atoms with E-state index in [1.165, 1.54) is 0 Å². The lowest BCUT2D eigenvalue weighted by Crippen LogP contribution is -2.26. The second-order valence-corrected chi connectivity index (χ2v) is 7.75. The van der Waals surface area contributed by atoms with Gasteiger partial charge in [-0.3, -0.25) is 0 Å². The van der Waals surface area contributed by atoms with Gasteiger partial charge in [0.15, 0.2) is 6.10 Å². The van der Waals surface area contributed by atoms with Crippen LogP contribution in [-0.2, 0) is 11.2 Å². The standard InChI is InChI=1S/C26H31NO5/c1-3-4-5-9-12-24(26(28)29)32-22-15-13-21(14-16-22)30-18-17-23-19(2)31-25(27-23)20-10-7-6-8-11-20/h6-8,10-11,13-16,24H,3-5,9,12,17-18H2,1-2H3,(H,28,29). The highest BCUT2D eigenvalue weighted by molar-refractivity contribution is 5.72. The van der Waals surface area contributed by atoms with Gasteiger partial charge in [0.25, 0.3) is 0 Å². The smallest absolute Gasteiger partial charge is 0.344 e. The molecule has 1 N–H and O–H groups in total. The van der Waals surface area contributed by atoms with Crippen molar-refractivity contribution in [3.63, 3.8) is 0 Å². The van der Waals surface area contributed by atoms with Crippen molar-refractivity contribution in [3.8, 4) is 23.0 Å². The van der Waals surface area contributed by atoms with Crippen LogP contribution in [0.15, 0.2) is 59.0 Å². The number of rotatable bonds is 13. The fraction of sp³-hybridized carbons (Fsp3) is 0.385. The molecule has 0 saturated carbocycles.